The van der Waals surface area contributed by atoms with E-state index in [1.54, 1.807) is 6.92 Å². The Kier molecular flexibility index (Phi) is 5.96. The molecule has 0 unspecified atom stereocenters. The highest BCUT2D eigenvalue weighted by molar-refractivity contribution is 7.89. The Balaban J connectivity index is 2.56. The van der Waals surface area contributed by atoms with Gasteiger partial charge in [0.25, 0.3) is 5.91 Å². The average Bonchev–Trinajstić information content (AvgIpc) is 2.71. The SMILES string of the molecule is CCCc1[nH]nc(C(=O)NCCS(=O)(=O)NCC)c1N. The Morgan fingerprint density at radius 1 is 1.40 bits per heavy atom. The molecular formula is C11H21N5O3S. The Morgan fingerprint density at radius 2 is 2.10 bits per heavy atom. The van der Waals surface area contributed by atoms with Crippen LogP contribution >= 0.6 is 0 Å². The molecule has 0 fully saturated rings. The van der Waals surface area contributed by atoms with Crippen molar-refractivity contribution in [2.45, 2.75) is 26.7 Å². The van der Waals surface area contributed by atoms with Gasteiger partial charge in [0.2, 0.25) is 10.0 Å². The molecule has 9 heteroatoms. The quantitative estimate of drug-likeness (QED) is 0.520. The Morgan fingerprint density at radius 3 is 2.70 bits per heavy atom. The molecule has 0 aliphatic carbocycles. The molecule has 1 rings (SSSR count). The number of aromatic amines is 1. The first-order chi connectivity index (χ1) is 9.41. The molecular weight excluding hydrogens is 282 g/mol. The third kappa shape index (κ3) is 4.49. The lowest BCUT2D eigenvalue weighted by molar-refractivity contribution is 0.0952. The zero-order valence-corrected chi connectivity index (χ0v) is 12.5. The molecule has 0 bridgehead atoms. The van der Waals surface area contributed by atoms with Gasteiger partial charge in [-0.05, 0) is 6.42 Å². The molecule has 0 atom stereocenters. The summed E-state index contributed by atoms with van der Waals surface area (Å²) in [7, 11) is -3.35. The van der Waals surface area contributed by atoms with Crippen molar-refractivity contribution < 1.29 is 13.2 Å². The van der Waals surface area contributed by atoms with Crippen molar-refractivity contribution in [1.82, 2.24) is 20.2 Å². The maximum absolute atomic E-state index is 11.8. The minimum absolute atomic E-state index is 0.00355. The van der Waals surface area contributed by atoms with Gasteiger partial charge in [0.1, 0.15) is 0 Å². The number of carbonyl (C=O) groups is 1. The summed E-state index contributed by atoms with van der Waals surface area (Å²) in [4.78, 5) is 11.8. The summed E-state index contributed by atoms with van der Waals surface area (Å²) in [6, 6.07) is 0. The van der Waals surface area contributed by atoms with Gasteiger partial charge in [-0.1, -0.05) is 20.3 Å². The van der Waals surface area contributed by atoms with Crippen LogP contribution in [0.3, 0.4) is 0 Å². The van der Waals surface area contributed by atoms with Gasteiger partial charge in [-0.2, -0.15) is 5.10 Å². The summed E-state index contributed by atoms with van der Waals surface area (Å²) in [5, 5.41) is 9.06. The number of hydrogen-bond donors (Lipinski definition) is 4. The molecule has 1 amide bonds. The number of hydrogen-bond acceptors (Lipinski definition) is 5. The molecule has 114 valence electrons. The molecule has 0 aromatic carbocycles. The van der Waals surface area contributed by atoms with Crippen molar-refractivity contribution in [3.63, 3.8) is 0 Å². The number of aromatic nitrogens is 2. The fourth-order valence-corrected chi connectivity index (χ4v) is 2.63. The third-order valence-electron chi connectivity index (χ3n) is 2.62. The lowest BCUT2D eigenvalue weighted by Crippen LogP contribution is -2.34. The first-order valence-corrected chi connectivity index (χ1v) is 8.14. The average molecular weight is 303 g/mol. The first-order valence-electron chi connectivity index (χ1n) is 6.49. The van der Waals surface area contributed by atoms with E-state index in [4.69, 9.17) is 5.73 Å². The van der Waals surface area contributed by atoms with Gasteiger partial charge < -0.3 is 11.1 Å². The predicted octanol–water partition coefficient (Wildman–Crippen LogP) is -0.386. The molecule has 0 spiro atoms. The second kappa shape index (κ2) is 7.25. The van der Waals surface area contributed by atoms with E-state index in [1.807, 2.05) is 6.92 Å². The second-order valence-electron chi connectivity index (χ2n) is 4.29. The van der Waals surface area contributed by atoms with E-state index in [0.717, 1.165) is 12.1 Å². The monoisotopic (exact) mass is 303 g/mol. The molecule has 8 nitrogen and oxygen atoms in total. The van der Waals surface area contributed by atoms with E-state index in [2.05, 4.69) is 20.2 Å². The Labute approximate surface area is 118 Å². The van der Waals surface area contributed by atoms with Gasteiger partial charge in [0, 0.05) is 13.1 Å². The number of nitrogens with zero attached hydrogens (tertiary/aromatic N) is 1. The molecule has 1 aromatic heterocycles. The summed E-state index contributed by atoms with van der Waals surface area (Å²) in [6.45, 7) is 4.01. The van der Waals surface area contributed by atoms with Crippen molar-refractivity contribution in [3.8, 4) is 0 Å². The number of sulfonamides is 1. The van der Waals surface area contributed by atoms with E-state index < -0.39 is 15.9 Å². The number of nitrogen functional groups attached to an aromatic ring is 1. The van der Waals surface area contributed by atoms with Crippen molar-refractivity contribution >= 4 is 21.6 Å². The third-order valence-corrected chi connectivity index (χ3v) is 4.09. The number of nitrogens with one attached hydrogen (secondary N) is 3. The van der Waals surface area contributed by atoms with E-state index in [0.29, 0.717) is 18.7 Å². The molecule has 0 aliphatic rings. The van der Waals surface area contributed by atoms with Gasteiger partial charge in [-0.3, -0.25) is 9.89 Å². The smallest absolute Gasteiger partial charge is 0.273 e. The van der Waals surface area contributed by atoms with Crippen molar-refractivity contribution in [2.24, 2.45) is 0 Å². The normalized spacial score (nSPS) is 11.5. The Bertz CT molecular complexity index is 552. The van der Waals surface area contributed by atoms with E-state index in [-0.39, 0.29) is 18.0 Å². The molecule has 1 heterocycles. The Hall–Kier alpha value is -1.61. The molecule has 1 aromatic rings. The van der Waals surface area contributed by atoms with E-state index >= 15 is 0 Å². The first kappa shape index (κ1) is 16.4. The van der Waals surface area contributed by atoms with Crippen LogP contribution < -0.4 is 15.8 Å². The maximum Gasteiger partial charge on any atom is 0.273 e. The number of H-pyrrole nitrogens is 1. The summed E-state index contributed by atoms with van der Waals surface area (Å²) in [5.74, 6) is -0.661. The lowest BCUT2D eigenvalue weighted by Gasteiger charge is -2.05. The van der Waals surface area contributed by atoms with Crippen LogP contribution in [0.2, 0.25) is 0 Å². The van der Waals surface area contributed by atoms with Crippen LogP contribution in [0, 0.1) is 0 Å². The highest BCUT2D eigenvalue weighted by Crippen LogP contribution is 2.15. The number of amides is 1. The van der Waals surface area contributed by atoms with Crippen LogP contribution in [0.4, 0.5) is 5.69 Å². The van der Waals surface area contributed by atoms with Crippen LogP contribution in [0.1, 0.15) is 36.5 Å². The topological polar surface area (TPSA) is 130 Å². The summed E-state index contributed by atoms with van der Waals surface area (Å²) >= 11 is 0. The van der Waals surface area contributed by atoms with Gasteiger partial charge >= 0.3 is 0 Å². The van der Waals surface area contributed by atoms with Gasteiger partial charge in [0.05, 0.1) is 17.1 Å². The minimum atomic E-state index is -3.35. The largest absolute Gasteiger partial charge is 0.395 e. The van der Waals surface area contributed by atoms with Crippen LogP contribution in [0.15, 0.2) is 0 Å². The predicted molar refractivity (Wildman–Crippen MR) is 76.8 cm³/mol. The number of carbonyl (C=O) groups excluding carboxylic acids is 1. The fraction of sp³-hybridized carbons (Fsp3) is 0.636. The number of anilines is 1. The lowest BCUT2D eigenvalue weighted by atomic mass is 10.2. The maximum atomic E-state index is 11.8. The van der Waals surface area contributed by atoms with Gasteiger partial charge in [-0.25, -0.2) is 13.1 Å². The van der Waals surface area contributed by atoms with E-state index in [1.165, 1.54) is 0 Å². The molecule has 0 radical (unpaired) electrons. The standard InChI is InChI=1S/C11H21N5O3S/c1-3-5-8-9(12)10(16-15-8)11(17)13-6-7-20(18,19)14-4-2/h14H,3-7,12H2,1-2H3,(H,13,17)(H,15,16). The number of nitrogens with two attached hydrogens (primary N) is 1. The van der Waals surface area contributed by atoms with Gasteiger partial charge in [-0.15, -0.1) is 0 Å². The fourth-order valence-electron chi connectivity index (χ4n) is 1.68. The molecule has 0 saturated heterocycles. The van der Waals surface area contributed by atoms with Crippen LogP contribution in [-0.4, -0.2) is 43.4 Å². The van der Waals surface area contributed by atoms with Crippen molar-refractivity contribution in [2.75, 3.05) is 24.6 Å². The number of rotatable bonds is 8. The van der Waals surface area contributed by atoms with Crippen molar-refractivity contribution in [1.29, 1.82) is 0 Å². The molecule has 0 saturated carbocycles. The summed E-state index contributed by atoms with van der Waals surface area (Å²) < 4.78 is 25.1. The number of aryl methyl sites for hydroxylation is 1. The summed E-state index contributed by atoms with van der Waals surface area (Å²) in [6.07, 6.45) is 1.59. The molecule has 20 heavy (non-hydrogen) atoms. The zero-order valence-electron chi connectivity index (χ0n) is 11.7. The molecule has 5 N–H and O–H groups in total. The highest BCUT2D eigenvalue weighted by Gasteiger charge is 2.17. The van der Waals surface area contributed by atoms with Crippen LogP contribution in [0.5, 0.6) is 0 Å². The van der Waals surface area contributed by atoms with Crippen LogP contribution in [0.25, 0.3) is 0 Å². The van der Waals surface area contributed by atoms with Crippen molar-refractivity contribution in [3.05, 3.63) is 11.4 Å². The highest BCUT2D eigenvalue weighted by atomic mass is 32.2. The second-order valence-corrected chi connectivity index (χ2v) is 6.21. The molecule has 0 aliphatic heterocycles. The van der Waals surface area contributed by atoms with E-state index in [9.17, 15) is 13.2 Å². The zero-order chi connectivity index (χ0) is 15.2. The summed E-state index contributed by atoms with van der Waals surface area (Å²) in [5.41, 5.74) is 6.95. The minimum Gasteiger partial charge on any atom is -0.395 e. The van der Waals surface area contributed by atoms with Gasteiger partial charge in [0.15, 0.2) is 5.69 Å². The van der Waals surface area contributed by atoms with Crippen LogP contribution in [-0.2, 0) is 16.4 Å².